The fraction of sp³-hybridized carbons (Fsp3) is 0.241. The van der Waals surface area contributed by atoms with Crippen LogP contribution in [0.3, 0.4) is 0 Å². The number of fused-ring (bicyclic) bond motifs is 1. The SMILES string of the molecule is C=CC(=O)N1CCCCCC1CNc1ncnc2[nH]cc(C(=O)c3ccc(Oc4ccccc4)cc3)c12. The first-order chi connectivity index (χ1) is 18.1. The molecule has 8 nitrogen and oxygen atoms in total. The molecule has 1 fully saturated rings. The minimum Gasteiger partial charge on any atom is -0.457 e. The number of aromatic nitrogens is 3. The van der Waals surface area contributed by atoms with E-state index in [0.717, 1.165) is 31.4 Å². The first kappa shape index (κ1) is 24.2. The molecule has 2 aromatic carbocycles. The zero-order valence-corrected chi connectivity index (χ0v) is 20.5. The molecule has 1 saturated heterocycles. The Morgan fingerprint density at radius 2 is 1.84 bits per heavy atom. The van der Waals surface area contributed by atoms with Crippen molar-refractivity contribution in [3.05, 3.63) is 90.9 Å². The molecule has 0 spiro atoms. The number of hydrogen-bond acceptors (Lipinski definition) is 6. The second-order valence-corrected chi connectivity index (χ2v) is 9.04. The zero-order valence-electron chi connectivity index (χ0n) is 20.5. The summed E-state index contributed by atoms with van der Waals surface area (Å²) >= 11 is 0. The molecule has 37 heavy (non-hydrogen) atoms. The summed E-state index contributed by atoms with van der Waals surface area (Å²) < 4.78 is 5.84. The summed E-state index contributed by atoms with van der Waals surface area (Å²) in [5, 5.41) is 4.02. The zero-order chi connectivity index (χ0) is 25.6. The molecule has 0 aliphatic carbocycles. The third-order valence-electron chi connectivity index (χ3n) is 6.65. The number of aromatic amines is 1. The number of anilines is 1. The molecule has 5 rings (SSSR count). The predicted molar refractivity (Wildman–Crippen MR) is 143 cm³/mol. The highest BCUT2D eigenvalue weighted by Gasteiger charge is 2.25. The van der Waals surface area contributed by atoms with Crippen molar-refractivity contribution in [2.45, 2.75) is 31.7 Å². The van der Waals surface area contributed by atoms with Crippen LogP contribution in [0.1, 0.15) is 41.6 Å². The molecule has 1 amide bonds. The molecule has 1 atom stereocenters. The van der Waals surface area contributed by atoms with Crippen molar-refractivity contribution in [2.75, 3.05) is 18.4 Å². The van der Waals surface area contributed by atoms with Gasteiger partial charge in [0.2, 0.25) is 5.91 Å². The van der Waals surface area contributed by atoms with Gasteiger partial charge in [0.25, 0.3) is 0 Å². The number of carbonyl (C=O) groups excluding carboxylic acids is 2. The van der Waals surface area contributed by atoms with Gasteiger partial charge in [-0.05, 0) is 55.3 Å². The number of amides is 1. The quantitative estimate of drug-likeness (QED) is 0.252. The first-order valence-corrected chi connectivity index (χ1v) is 12.5. The molecule has 1 unspecified atom stereocenters. The maximum absolute atomic E-state index is 13.5. The summed E-state index contributed by atoms with van der Waals surface area (Å²) in [5.41, 5.74) is 1.59. The van der Waals surface area contributed by atoms with E-state index in [0.29, 0.717) is 46.8 Å². The molecule has 0 bridgehead atoms. The van der Waals surface area contributed by atoms with Gasteiger partial charge in [-0.1, -0.05) is 37.6 Å². The van der Waals surface area contributed by atoms with Gasteiger partial charge in [0.05, 0.1) is 10.9 Å². The number of likely N-dealkylation sites (tertiary alicyclic amines) is 1. The van der Waals surface area contributed by atoms with Crippen molar-refractivity contribution < 1.29 is 14.3 Å². The van der Waals surface area contributed by atoms with E-state index in [2.05, 4.69) is 26.8 Å². The lowest BCUT2D eigenvalue weighted by atomic mass is 10.0. The van der Waals surface area contributed by atoms with Crippen LogP contribution in [0.15, 0.2) is 79.8 Å². The van der Waals surface area contributed by atoms with Crippen molar-refractivity contribution in [2.24, 2.45) is 0 Å². The number of nitrogens with zero attached hydrogens (tertiary/aromatic N) is 3. The van der Waals surface area contributed by atoms with Crippen LogP contribution in [-0.4, -0.2) is 50.7 Å². The molecular weight excluding hydrogens is 466 g/mol. The molecular formula is C29H29N5O3. The highest BCUT2D eigenvalue weighted by molar-refractivity contribution is 6.18. The molecule has 3 heterocycles. The van der Waals surface area contributed by atoms with Crippen LogP contribution in [0.25, 0.3) is 11.0 Å². The van der Waals surface area contributed by atoms with E-state index in [9.17, 15) is 9.59 Å². The predicted octanol–water partition coefficient (Wildman–Crippen LogP) is 5.35. The average Bonchev–Trinajstić information content (AvgIpc) is 3.24. The Morgan fingerprint density at radius 3 is 2.62 bits per heavy atom. The van der Waals surface area contributed by atoms with Crippen LogP contribution in [0.5, 0.6) is 11.5 Å². The number of ether oxygens (including phenoxy) is 1. The number of carbonyl (C=O) groups is 2. The van der Waals surface area contributed by atoms with Crippen molar-refractivity contribution in [1.29, 1.82) is 0 Å². The van der Waals surface area contributed by atoms with Gasteiger partial charge < -0.3 is 19.9 Å². The Labute approximate surface area is 215 Å². The van der Waals surface area contributed by atoms with Gasteiger partial charge in [-0.15, -0.1) is 0 Å². The summed E-state index contributed by atoms with van der Waals surface area (Å²) in [6, 6.07) is 16.6. The van der Waals surface area contributed by atoms with Gasteiger partial charge >= 0.3 is 0 Å². The van der Waals surface area contributed by atoms with Crippen molar-refractivity contribution >= 4 is 28.5 Å². The van der Waals surface area contributed by atoms with E-state index in [-0.39, 0.29) is 17.7 Å². The lowest BCUT2D eigenvalue weighted by Crippen LogP contribution is -2.43. The van der Waals surface area contributed by atoms with Gasteiger partial charge in [-0.2, -0.15) is 0 Å². The average molecular weight is 496 g/mol. The highest BCUT2D eigenvalue weighted by Crippen LogP contribution is 2.28. The second kappa shape index (κ2) is 11.1. The third-order valence-corrected chi connectivity index (χ3v) is 6.65. The molecule has 4 aromatic rings. The largest absolute Gasteiger partial charge is 0.457 e. The molecule has 1 aliphatic rings. The number of rotatable bonds is 8. The van der Waals surface area contributed by atoms with Crippen LogP contribution >= 0.6 is 0 Å². The molecule has 2 N–H and O–H groups in total. The molecule has 0 saturated carbocycles. The number of para-hydroxylation sites is 1. The van der Waals surface area contributed by atoms with Crippen LogP contribution in [-0.2, 0) is 4.79 Å². The van der Waals surface area contributed by atoms with Crippen LogP contribution in [0.4, 0.5) is 5.82 Å². The Kier molecular flexibility index (Phi) is 7.26. The van der Waals surface area contributed by atoms with Crippen molar-refractivity contribution in [1.82, 2.24) is 19.9 Å². The smallest absolute Gasteiger partial charge is 0.246 e. The van der Waals surface area contributed by atoms with Gasteiger partial charge in [0.15, 0.2) is 5.78 Å². The van der Waals surface area contributed by atoms with Gasteiger partial charge in [0.1, 0.15) is 29.3 Å². The Morgan fingerprint density at radius 1 is 1.05 bits per heavy atom. The normalized spacial score (nSPS) is 15.7. The molecule has 2 aromatic heterocycles. The highest BCUT2D eigenvalue weighted by atomic mass is 16.5. The number of H-pyrrole nitrogens is 1. The lowest BCUT2D eigenvalue weighted by Gasteiger charge is -2.29. The van der Waals surface area contributed by atoms with E-state index in [1.165, 1.54) is 12.4 Å². The van der Waals surface area contributed by atoms with E-state index in [1.54, 1.807) is 30.5 Å². The lowest BCUT2D eigenvalue weighted by molar-refractivity contribution is -0.127. The third kappa shape index (κ3) is 5.38. The van der Waals surface area contributed by atoms with E-state index in [4.69, 9.17) is 4.74 Å². The second-order valence-electron chi connectivity index (χ2n) is 9.04. The van der Waals surface area contributed by atoms with Gasteiger partial charge in [-0.25, -0.2) is 9.97 Å². The molecule has 8 heteroatoms. The fourth-order valence-electron chi connectivity index (χ4n) is 4.74. The monoisotopic (exact) mass is 495 g/mol. The number of benzene rings is 2. The fourth-order valence-corrected chi connectivity index (χ4v) is 4.74. The maximum atomic E-state index is 13.5. The summed E-state index contributed by atoms with van der Waals surface area (Å²) in [6.07, 6.45) is 8.55. The number of hydrogen-bond donors (Lipinski definition) is 2. The van der Waals surface area contributed by atoms with E-state index in [1.807, 2.05) is 35.2 Å². The summed E-state index contributed by atoms with van der Waals surface area (Å²) in [5.74, 6) is 1.74. The molecule has 0 radical (unpaired) electrons. The Hall–Kier alpha value is -4.46. The van der Waals surface area contributed by atoms with Crippen LogP contribution in [0.2, 0.25) is 0 Å². The molecule has 1 aliphatic heterocycles. The van der Waals surface area contributed by atoms with Crippen molar-refractivity contribution in [3.63, 3.8) is 0 Å². The first-order valence-electron chi connectivity index (χ1n) is 12.5. The van der Waals surface area contributed by atoms with E-state index >= 15 is 0 Å². The van der Waals surface area contributed by atoms with Crippen molar-refractivity contribution in [3.8, 4) is 11.5 Å². The summed E-state index contributed by atoms with van der Waals surface area (Å²) in [4.78, 5) is 39.6. The van der Waals surface area contributed by atoms with Crippen LogP contribution < -0.4 is 10.1 Å². The molecule has 188 valence electrons. The van der Waals surface area contributed by atoms with Gasteiger partial charge in [0, 0.05) is 30.9 Å². The maximum Gasteiger partial charge on any atom is 0.246 e. The summed E-state index contributed by atoms with van der Waals surface area (Å²) in [7, 11) is 0. The van der Waals surface area contributed by atoms with E-state index < -0.39 is 0 Å². The number of nitrogens with one attached hydrogen (secondary N) is 2. The standard InChI is InChI=1S/C29H29N5O3/c1-2-25(35)34-16-8-4-5-9-21(34)17-30-28-26-24(18-31-29(26)33-19-32-28)27(36)20-12-14-23(15-13-20)37-22-10-6-3-7-11-22/h2-3,6-7,10-15,18-19,21H,1,4-5,8-9,16-17H2,(H2,30,31,32,33). The Bertz CT molecular complexity index is 1400. The van der Waals surface area contributed by atoms with Gasteiger partial charge in [-0.3, -0.25) is 9.59 Å². The summed E-state index contributed by atoms with van der Waals surface area (Å²) in [6.45, 7) is 4.90. The minimum absolute atomic E-state index is 0.0215. The minimum atomic E-state index is -0.145. The number of ketones is 1. The Balaban J connectivity index is 1.36. The van der Waals surface area contributed by atoms with Crippen LogP contribution in [0, 0.1) is 0 Å². The topological polar surface area (TPSA) is 100 Å².